The number of halogens is 1. The van der Waals surface area contributed by atoms with Crippen molar-refractivity contribution in [3.8, 4) is 0 Å². The second-order valence-corrected chi connectivity index (χ2v) is 8.40. The number of carbonyl (C=O) groups is 1. The van der Waals surface area contributed by atoms with Gasteiger partial charge in [0.15, 0.2) is 0 Å². The predicted octanol–water partition coefficient (Wildman–Crippen LogP) is 3.42. The molecule has 5 nitrogen and oxygen atoms in total. The third kappa shape index (κ3) is 5.29. The van der Waals surface area contributed by atoms with Crippen molar-refractivity contribution in [2.24, 2.45) is 0 Å². The lowest BCUT2D eigenvalue weighted by Gasteiger charge is -2.29. The Hall–Kier alpha value is -2.41. The number of benzene rings is 2. The summed E-state index contributed by atoms with van der Waals surface area (Å²) in [4.78, 5) is 12.7. The Bertz CT molecular complexity index is 880. The van der Waals surface area contributed by atoms with E-state index in [1.165, 1.54) is 12.1 Å². The number of rotatable bonds is 7. The van der Waals surface area contributed by atoms with E-state index in [1.54, 1.807) is 38.1 Å². The third-order valence-corrected chi connectivity index (χ3v) is 5.66. The van der Waals surface area contributed by atoms with Crippen molar-refractivity contribution in [1.29, 1.82) is 0 Å². The summed E-state index contributed by atoms with van der Waals surface area (Å²) in [7, 11) is -3.66. The molecule has 0 bridgehead atoms. The van der Waals surface area contributed by atoms with Crippen LogP contribution < -0.4 is 9.62 Å². The van der Waals surface area contributed by atoms with Crippen molar-refractivity contribution in [2.45, 2.75) is 39.3 Å². The Labute approximate surface area is 160 Å². The molecule has 0 saturated heterocycles. The van der Waals surface area contributed by atoms with Crippen molar-refractivity contribution in [3.05, 3.63) is 65.5 Å². The molecule has 2 aromatic rings. The highest BCUT2D eigenvalue weighted by Crippen LogP contribution is 2.22. The van der Waals surface area contributed by atoms with E-state index >= 15 is 0 Å². The van der Waals surface area contributed by atoms with Crippen LogP contribution in [0.1, 0.15) is 37.9 Å². The van der Waals surface area contributed by atoms with Gasteiger partial charge in [-0.1, -0.05) is 31.2 Å². The molecule has 0 fully saturated rings. The van der Waals surface area contributed by atoms with E-state index in [2.05, 4.69) is 5.32 Å². The Kier molecular flexibility index (Phi) is 6.59. The van der Waals surface area contributed by atoms with E-state index in [9.17, 15) is 17.6 Å². The van der Waals surface area contributed by atoms with Crippen LogP contribution in [0.25, 0.3) is 0 Å². The molecule has 27 heavy (non-hydrogen) atoms. The van der Waals surface area contributed by atoms with Crippen molar-refractivity contribution in [1.82, 2.24) is 5.32 Å². The van der Waals surface area contributed by atoms with Crippen molar-refractivity contribution >= 4 is 21.6 Å². The van der Waals surface area contributed by atoms with Gasteiger partial charge in [-0.25, -0.2) is 12.8 Å². The number of anilines is 1. The van der Waals surface area contributed by atoms with Crippen molar-refractivity contribution < 1.29 is 17.6 Å². The maximum absolute atomic E-state index is 13.1. The van der Waals surface area contributed by atoms with E-state index in [1.807, 2.05) is 19.1 Å². The average molecular weight is 392 g/mol. The van der Waals surface area contributed by atoms with Gasteiger partial charge in [0.2, 0.25) is 15.9 Å². The molecule has 0 saturated carbocycles. The Morgan fingerprint density at radius 3 is 2.11 bits per heavy atom. The zero-order valence-corrected chi connectivity index (χ0v) is 16.8. The molecule has 0 aliphatic carbocycles. The van der Waals surface area contributed by atoms with E-state index in [-0.39, 0.29) is 11.9 Å². The number of hydrogen-bond donors (Lipinski definition) is 1. The van der Waals surface area contributed by atoms with Crippen LogP contribution in [-0.2, 0) is 21.2 Å². The minimum Gasteiger partial charge on any atom is -0.348 e. The largest absolute Gasteiger partial charge is 0.348 e. The van der Waals surface area contributed by atoms with Gasteiger partial charge in [-0.05, 0) is 55.7 Å². The molecule has 2 aromatic carbocycles. The Balaban J connectivity index is 2.22. The molecule has 0 aliphatic rings. The van der Waals surface area contributed by atoms with Gasteiger partial charge in [0.1, 0.15) is 11.9 Å². The van der Waals surface area contributed by atoms with Crippen molar-refractivity contribution in [3.63, 3.8) is 0 Å². The lowest BCUT2D eigenvalue weighted by Crippen LogP contribution is -2.48. The summed E-state index contributed by atoms with van der Waals surface area (Å²) in [5.41, 5.74) is 2.25. The van der Waals surface area contributed by atoms with Crippen LogP contribution in [0.4, 0.5) is 10.1 Å². The summed E-state index contributed by atoms with van der Waals surface area (Å²) < 4.78 is 38.8. The van der Waals surface area contributed by atoms with Crippen molar-refractivity contribution in [2.75, 3.05) is 10.6 Å². The van der Waals surface area contributed by atoms with Crippen LogP contribution >= 0.6 is 0 Å². The summed E-state index contributed by atoms with van der Waals surface area (Å²) >= 11 is 0. The normalized spacial score (nSPS) is 13.7. The number of nitrogens with zero attached hydrogens (tertiary/aromatic N) is 1. The van der Waals surface area contributed by atoms with Crippen LogP contribution in [0, 0.1) is 5.82 Å². The molecule has 0 spiro atoms. The lowest BCUT2D eigenvalue weighted by atomic mass is 10.1. The van der Waals surface area contributed by atoms with Gasteiger partial charge in [-0.15, -0.1) is 0 Å². The number of sulfonamides is 1. The summed E-state index contributed by atoms with van der Waals surface area (Å²) in [5, 5.41) is 2.79. The van der Waals surface area contributed by atoms with Crippen LogP contribution in [0.3, 0.4) is 0 Å². The summed E-state index contributed by atoms with van der Waals surface area (Å²) in [5.74, 6) is -0.791. The van der Waals surface area contributed by atoms with E-state index in [0.29, 0.717) is 5.69 Å². The average Bonchev–Trinajstić information content (AvgIpc) is 2.61. The fourth-order valence-corrected chi connectivity index (χ4v) is 4.03. The molecule has 2 atom stereocenters. The first-order valence-corrected chi connectivity index (χ1v) is 10.6. The van der Waals surface area contributed by atoms with Crippen LogP contribution in [0.5, 0.6) is 0 Å². The monoisotopic (exact) mass is 392 g/mol. The predicted molar refractivity (Wildman–Crippen MR) is 106 cm³/mol. The Morgan fingerprint density at radius 2 is 1.63 bits per heavy atom. The molecule has 2 rings (SSSR count). The molecule has 0 aromatic heterocycles. The molecule has 0 radical (unpaired) electrons. The third-order valence-electron chi connectivity index (χ3n) is 4.42. The molecular weight excluding hydrogens is 367 g/mol. The molecule has 7 heteroatoms. The smallest absolute Gasteiger partial charge is 0.244 e. The van der Waals surface area contributed by atoms with Crippen LogP contribution in [0.15, 0.2) is 48.5 Å². The molecule has 1 N–H and O–H groups in total. The first-order chi connectivity index (χ1) is 12.6. The molecular formula is C20H25FN2O3S. The number of hydrogen-bond acceptors (Lipinski definition) is 3. The molecule has 2 unspecified atom stereocenters. The second-order valence-electron chi connectivity index (χ2n) is 6.54. The van der Waals surface area contributed by atoms with Gasteiger partial charge >= 0.3 is 0 Å². The van der Waals surface area contributed by atoms with Crippen LogP contribution in [-0.4, -0.2) is 26.6 Å². The lowest BCUT2D eigenvalue weighted by molar-refractivity contribution is -0.122. The van der Waals surface area contributed by atoms with E-state index in [4.69, 9.17) is 0 Å². The molecule has 0 heterocycles. The molecule has 146 valence electrons. The van der Waals surface area contributed by atoms with E-state index < -0.39 is 22.0 Å². The van der Waals surface area contributed by atoms with Gasteiger partial charge < -0.3 is 5.32 Å². The highest BCUT2D eigenvalue weighted by molar-refractivity contribution is 7.92. The standard InChI is InChI=1S/C20H25FN2O3S/c1-5-16-6-12-19(13-7-16)23(27(4,25)26)15(3)20(24)22-14(2)17-8-10-18(21)11-9-17/h6-15H,5H2,1-4H3,(H,22,24). The zero-order chi connectivity index (χ0) is 20.2. The minimum absolute atomic E-state index is 0.357. The Morgan fingerprint density at radius 1 is 1.07 bits per heavy atom. The SMILES string of the molecule is CCc1ccc(N(C(C)C(=O)NC(C)c2ccc(F)cc2)S(C)(=O)=O)cc1. The maximum atomic E-state index is 13.1. The fourth-order valence-electron chi connectivity index (χ4n) is 2.86. The summed E-state index contributed by atoms with van der Waals surface area (Å²) in [6.07, 6.45) is 1.91. The maximum Gasteiger partial charge on any atom is 0.244 e. The summed E-state index contributed by atoms with van der Waals surface area (Å²) in [6, 6.07) is 11.6. The van der Waals surface area contributed by atoms with Crippen LogP contribution in [0.2, 0.25) is 0 Å². The summed E-state index contributed by atoms with van der Waals surface area (Å²) in [6.45, 7) is 5.32. The number of aryl methyl sites for hydroxylation is 1. The molecule has 1 amide bonds. The zero-order valence-electron chi connectivity index (χ0n) is 15.9. The number of nitrogens with one attached hydrogen (secondary N) is 1. The highest BCUT2D eigenvalue weighted by atomic mass is 32.2. The van der Waals surface area contributed by atoms with Gasteiger partial charge in [0.25, 0.3) is 0 Å². The number of amides is 1. The van der Waals surface area contributed by atoms with Gasteiger partial charge in [0.05, 0.1) is 18.0 Å². The minimum atomic E-state index is -3.66. The van der Waals surface area contributed by atoms with Gasteiger partial charge in [-0.2, -0.15) is 0 Å². The van der Waals surface area contributed by atoms with Gasteiger partial charge in [-0.3, -0.25) is 9.10 Å². The number of carbonyl (C=O) groups excluding carboxylic acids is 1. The quantitative estimate of drug-likeness (QED) is 0.785. The first-order valence-electron chi connectivity index (χ1n) is 8.77. The fraction of sp³-hybridized carbons (Fsp3) is 0.350. The van der Waals surface area contributed by atoms with Gasteiger partial charge in [0, 0.05) is 0 Å². The molecule has 0 aliphatic heterocycles. The second kappa shape index (κ2) is 8.52. The van der Waals surface area contributed by atoms with E-state index in [0.717, 1.165) is 28.1 Å². The topological polar surface area (TPSA) is 66.5 Å². The first kappa shape index (κ1) is 20.9. The highest BCUT2D eigenvalue weighted by Gasteiger charge is 2.29.